The molecule has 0 aromatic carbocycles. The number of rotatable bonds is 7. The molecule has 1 aromatic rings. The topological polar surface area (TPSA) is 28.2 Å². The summed E-state index contributed by atoms with van der Waals surface area (Å²) in [4.78, 5) is 6.79. The Balaban J connectivity index is 2.93. The first-order valence-corrected chi connectivity index (χ1v) is 7.51. The number of anilines is 1. The first kappa shape index (κ1) is 16.3. The Bertz CT molecular complexity index is 393. The van der Waals surface area contributed by atoms with Crippen LogP contribution in [0.5, 0.6) is 0 Å². The molecule has 19 heavy (non-hydrogen) atoms. The third-order valence-electron chi connectivity index (χ3n) is 3.38. The molecule has 1 aromatic heterocycles. The summed E-state index contributed by atoms with van der Waals surface area (Å²) in [5.41, 5.74) is 1.11. The van der Waals surface area contributed by atoms with Crippen LogP contribution in [0.1, 0.15) is 46.6 Å². The van der Waals surface area contributed by atoms with E-state index in [1.165, 1.54) is 0 Å². The zero-order valence-electron chi connectivity index (χ0n) is 12.7. The van der Waals surface area contributed by atoms with Crippen molar-refractivity contribution >= 4 is 17.4 Å². The zero-order valence-corrected chi connectivity index (χ0v) is 13.5. The van der Waals surface area contributed by atoms with Gasteiger partial charge in [0.05, 0.1) is 5.02 Å². The molecule has 0 radical (unpaired) electrons. The van der Waals surface area contributed by atoms with Gasteiger partial charge in [-0.15, -0.1) is 0 Å². The Morgan fingerprint density at radius 3 is 2.53 bits per heavy atom. The molecule has 0 fully saturated rings. The normalized spacial score (nSPS) is 12.8. The lowest BCUT2D eigenvalue weighted by molar-refractivity contribution is 0.587. The van der Waals surface area contributed by atoms with Gasteiger partial charge in [0.25, 0.3) is 0 Å². The fourth-order valence-corrected chi connectivity index (χ4v) is 2.16. The fraction of sp³-hybridized carbons (Fsp3) is 0.667. The largest absolute Gasteiger partial charge is 0.354 e. The second kappa shape index (κ2) is 7.71. The van der Waals surface area contributed by atoms with Crippen LogP contribution in [0.4, 0.5) is 5.82 Å². The van der Waals surface area contributed by atoms with Crippen LogP contribution < -0.4 is 10.2 Å². The Morgan fingerprint density at radius 2 is 2.00 bits per heavy atom. The number of pyridine rings is 1. The summed E-state index contributed by atoms with van der Waals surface area (Å²) in [5, 5.41) is 4.13. The maximum absolute atomic E-state index is 6.22. The number of nitrogens with one attached hydrogen (secondary N) is 1. The van der Waals surface area contributed by atoms with E-state index < -0.39 is 0 Å². The van der Waals surface area contributed by atoms with Gasteiger partial charge in [0.2, 0.25) is 0 Å². The van der Waals surface area contributed by atoms with Crippen molar-refractivity contribution in [3.63, 3.8) is 0 Å². The van der Waals surface area contributed by atoms with Crippen LogP contribution in [-0.2, 0) is 6.54 Å². The highest BCUT2D eigenvalue weighted by molar-refractivity contribution is 6.31. The van der Waals surface area contributed by atoms with Crippen molar-refractivity contribution in [2.45, 2.75) is 59.7 Å². The summed E-state index contributed by atoms with van der Waals surface area (Å²) in [6.45, 7) is 12.6. The van der Waals surface area contributed by atoms with Gasteiger partial charge in [-0.05, 0) is 31.9 Å². The summed E-state index contributed by atoms with van der Waals surface area (Å²) in [7, 11) is 0. The zero-order chi connectivity index (χ0) is 14.4. The van der Waals surface area contributed by atoms with E-state index in [0.717, 1.165) is 35.9 Å². The lowest BCUT2D eigenvalue weighted by atomic mass is 10.2. The van der Waals surface area contributed by atoms with E-state index in [1.807, 2.05) is 0 Å². The van der Waals surface area contributed by atoms with Gasteiger partial charge in [0.1, 0.15) is 5.82 Å². The van der Waals surface area contributed by atoms with Crippen LogP contribution >= 0.6 is 11.6 Å². The van der Waals surface area contributed by atoms with Gasteiger partial charge in [0.15, 0.2) is 0 Å². The lowest BCUT2D eigenvalue weighted by Crippen LogP contribution is -2.33. The molecule has 1 rings (SSSR count). The molecule has 0 amide bonds. The van der Waals surface area contributed by atoms with Crippen molar-refractivity contribution < 1.29 is 0 Å². The second-order valence-electron chi connectivity index (χ2n) is 5.21. The molecule has 1 N–H and O–H groups in total. The van der Waals surface area contributed by atoms with Crippen molar-refractivity contribution in [2.75, 3.05) is 11.4 Å². The van der Waals surface area contributed by atoms with Crippen molar-refractivity contribution in [1.29, 1.82) is 0 Å². The standard InChI is InChI=1S/C15H26ClN3/c1-6-12(5)19(7-2)15-8-13(9-17-11(3)4)14(16)10-18-15/h8,10-12,17H,6-7,9H2,1-5H3. The molecule has 0 saturated carbocycles. The van der Waals surface area contributed by atoms with Gasteiger partial charge in [-0.2, -0.15) is 0 Å². The van der Waals surface area contributed by atoms with E-state index in [1.54, 1.807) is 6.20 Å². The molecule has 3 nitrogen and oxygen atoms in total. The van der Waals surface area contributed by atoms with Crippen LogP contribution in [0.3, 0.4) is 0 Å². The highest BCUT2D eigenvalue weighted by Crippen LogP contribution is 2.22. The van der Waals surface area contributed by atoms with Crippen LogP contribution in [0.25, 0.3) is 0 Å². The summed E-state index contributed by atoms with van der Waals surface area (Å²) in [5.74, 6) is 1.02. The van der Waals surface area contributed by atoms with E-state index >= 15 is 0 Å². The summed E-state index contributed by atoms with van der Waals surface area (Å²) in [6.07, 6.45) is 2.87. The van der Waals surface area contributed by atoms with Gasteiger partial charge in [-0.1, -0.05) is 32.4 Å². The molecular weight excluding hydrogens is 258 g/mol. The van der Waals surface area contributed by atoms with Gasteiger partial charge >= 0.3 is 0 Å². The highest BCUT2D eigenvalue weighted by Gasteiger charge is 2.14. The molecule has 0 saturated heterocycles. The molecule has 0 aliphatic rings. The van der Waals surface area contributed by atoms with Gasteiger partial charge in [0, 0.05) is 31.4 Å². The molecule has 4 heteroatoms. The minimum atomic E-state index is 0.449. The van der Waals surface area contributed by atoms with E-state index in [2.05, 4.69) is 55.9 Å². The molecule has 0 aliphatic heterocycles. The highest BCUT2D eigenvalue weighted by atomic mass is 35.5. The lowest BCUT2D eigenvalue weighted by Gasteiger charge is -2.28. The smallest absolute Gasteiger partial charge is 0.129 e. The number of hydrogen-bond donors (Lipinski definition) is 1. The SMILES string of the molecule is CCC(C)N(CC)c1cc(CNC(C)C)c(Cl)cn1. The first-order chi connectivity index (χ1) is 8.99. The molecule has 108 valence electrons. The molecule has 0 spiro atoms. The molecule has 0 bridgehead atoms. The Hall–Kier alpha value is -0.800. The van der Waals surface area contributed by atoms with Crippen LogP contribution in [0.15, 0.2) is 12.3 Å². The number of halogens is 1. The van der Waals surface area contributed by atoms with Gasteiger partial charge < -0.3 is 10.2 Å². The van der Waals surface area contributed by atoms with Crippen LogP contribution in [-0.4, -0.2) is 23.6 Å². The summed E-state index contributed by atoms with van der Waals surface area (Å²) < 4.78 is 0. The monoisotopic (exact) mass is 283 g/mol. The van der Waals surface area contributed by atoms with E-state index in [0.29, 0.717) is 12.1 Å². The van der Waals surface area contributed by atoms with Crippen molar-refractivity contribution in [3.8, 4) is 0 Å². The average molecular weight is 284 g/mol. The van der Waals surface area contributed by atoms with Crippen molar-refractivity contribution in [3.05, 3.63) is 22.8 Å². The summed E-state index contributed by atoms with van der Waals surface area (Å²) in [6, 6.07) is 3.04. The predicted molar refractivity (Wildman–Crippen MR) is 84.0 cm³/mol. The quantitative estimate of drug-likeness (QED) is 0.824. The Morgan fingerprint density at radius 1 is 1.32 bits per heavy atom. The van der Waals surface area contributed by atoms with E-state index in [4.69, 9.17) is 11.6 Å². The van der Waals surface area contributed by atoms with Gasteiger partial charge in [-0.25, -0.2) is 4.98 Å². The maximum Gasteiger partial charge on any atom is 0.129 e. The third kappa shape index (κ3) is 4.66. The molecular formula is C15H26ClN3. The fourth-order valence-electron chi connectivity index (χ4n) is 1.99. The van der Waals surface area contributed by atoms with Crippen molar-refractivity contribution in [1.82, 2.24) is 10.3 Å². The first-order valence-electron chi connectivity index (χ1n) is 7.14. The van der Waals surface area contributed by atoms with E-state index in [9.17, 15) is 0 Å². The molecule has 1 heterocycles. The van der Waals surface area contributed by atoms with E-state index in [-0.39, 0.29) is 0 Å². The molecule has 0 aliphatic carbocycles. The third-order valence-corrected chi connectivity index (χ3v) is 3.72. The molecule has 1 atom stereocenters. The number of aromatic nitrogens is 1. The van der Waals surface area contributed by atoms with Crippen molar-refractivity contribution in [2.24, 2.45) is 0 Å². The Labute approximate surface area is 122 Å². The average Bonchev–Trinajstić information content (AvgIpc) is 2.39. The number of hydrogen-bond acceptors (Lipinski definition) is 3. The summed E-state index contributed by atoms with van der Waals surface area (Å²) >= 11 is 6.22. The van der Waals surface area contributed by atoms with Gasteiger partial charge in [-0.3, -0.25) is 0 Å². The second-order valence-corrected chi connectivity index (χ2v) is 5.62. The predicted octanol–water partition coefficient (Wildman–Crippen LogP) is 3.86. The maximum atomic E-state index is 6.22. The number of nitrogens with zero attached hydrogens (tertiary/aromatic N) is 2. The minimum absolute atomic E-state index is 0.449. The van der Waals surface area contributed by atoms with Crippen LogP contribution in [0.2, 0.25) is 5.02 Å². The minimum Gasteiger partial charge on any atom is -0.354 e. The Kier molecular flexibility index (Phi) is 6.59. The van der Waals surface area contributed by atoms with Crippen LogP contribution in [0, 0.1) is 0 Å². The molecule has 1 unspecified atom stereocenters.